The maximum absolute atomic E-state index is 13.8. The molecule has 1 unspecified atom stereocenters. The van der Waals surface area contributed by atoms with Crippen molar-refractivity contribution in [2.45, 2.75) is 64.3 Å². The molecule has 0 radical (unpaired) electrons. The summed E-state index contributed by atoms with van der Waals surface area (Å²) >= 11 is 0. The first-order valence-corrected chi connectivity index (χ1v) is 11.7. The number of likely N-dealkylation sites (tertiary alicyclic amines) is 1. The van der Waals surface area contributed by atoms with E-state index >= 15 is 0 Å². The summed E-state index contributed by atoms with van der Waals surface area (Å²) in [6, 6.07) is 4.71. The number of benzene rings is 1. The second-order valence-corrected chi connectivity index (χ2v) is 10.4. The molecule has 166 valence electrons. The molecule has 6 nitrogen and oxygen atoms in total. The Bertz CT molecular complexity index is 889. The number of aryl methyl sites for hydroxylation is 1. The van der Waals surface area contributed by atoms with E-state index in [1.54, 1.807) is 18.2 Å². The first kappa shape index (κ1) is 20.5. The number of methoxy groups -OCH3 is 1. The van der Waals surface area contributed by atoms with Crippen molar-refractivity contribution < 1.29 is 19.1 Å². The highest BCUT2D eigenvalue weighted by molar-refractivity contribution is 6.00. The van der Waals surface area contributed by atoms with Crippen LogP contribution in [0.2, 0.25) is 0 Å². The average molecular weight is 425 g/mol. The van der Waals surface area contributed by atoms with Crippen LogP contribution in [0, 0.1) is 30.1 Å². The minimum atomic E-state index is -0.435. The highest BCUT2D eigenvalue weighted by Crippen LogP contribution is 2.60. The number of esters is 1. The molecule has 1 atom stereocenters. The average Bonchev–Trinajstić information content (AvgIpc) is 3.23. The molecule has 6 heteroatoms. The number of nitrogens with one attached hydrogen (secondary N) is 1. The van der Waals surface area contributed by atoms with Crippen molar-refractivity contribution in [3.63, 3.8) is 0 Å². The number of ether oxygens (including phenoxy) is 1. The molecule has 1 aromatic carbocycles. The summed E-state index contributed by atoms with van der Waals surface area (Å²) in [5, 5.41) is 2.99. The van der Waals surface area contributed by atoms with E-state index in [0.29, 0.717) is 42.0 Å². The summed E-state index contributed by atoms with van der Waals surface area (Å²) in [4.78, 5) is 40.8. The Labute approximate surface area is 183 Å². The topological polar surface area (TPSA) is 75.7 Å². The molecule has 1 aliphatic heterocycles. The molecule has 4 saturated carbocycles. The van der Waals surface area contributed by atoms with Crippen molar-refractivity contribution in [1.82, 2.24) is 4.90 Å². The molecule has 1 N–H and O–H groups in total. The van der Waals surface area contributed by atoms with Gasteiger partial charge in [0.05, 0.1) is 18.1 Å². The highest BCUT2D eigenvalue weighted by atomic mass is 16.5. The van der Waals surface area contributed by atoms with Crippen LogP contribution < -0.4 is 5.32 Å². The number of nitrogens with zero attached hydrogens (tertiary/aromatic N) is 1. The van der Waals surface area contributed by atoms with Gasteiger partial charge in [0.1, 0.15) is 6.04 Å². The Hall–Kier alpha value is -2.37. The fourth-order valence-electron chi connectivity index (χ4n) is 7.18. The van der Waals surface area contributed by atoms with Crippen LogP contribution in [-0.2, 0) is 14.3 Å². The van der Waals surface area contributed by atoms with Gasteiger partial charge in [-0.2, -0.15) is 0 Å². The molecule has 1 heterocycles. The van der Waals surface area contributed by atoms with Crippen LogP contribution in [0.1, 0.15) is 67.3 Å². The smallest absolute Gasteiger partial charge is 0.337 e. The summed E-state index contributed by atoms with van der Waals surface area (Å²) in [6.07, 6.45) is 8.50. The summed E-state index contributed by atoms with van der Waals surface area (Å²) < 4.78 is 4.80. The quantitative estimate of drug-likeness (QED) is 0.743. The molecule has 31 heavy (non-hydrogen) atoms. The minimum Gasteiger partial charge on any atom is -0.465 e. The van der Waals surface area contributed by atoms with Gasteiger partial charge in [0, 0.05) is 12.2 Å². The van der Waals surface area contributed by atoms with Crippen molar-refractivity contribution in [2.75, 3.05) is 19.0 Å². The van der Waals surface area contributed by atoms with Crippen molar-refractivity contribution in [3.05, 3.63) is 29.3 Å². The molecule has 1 saturated heterocycles. The second-order valence-electron chi connectivity index (χ2n) is 10.4. The maximum Gasteiger partial charge on any atom is 0.337 e. The predicted octanol–water partition coefficient (Wildman–Crippen LogP) is 3.93. The summed E-state index contributed by atoms with van der Waals surface area (Å²) in [5.74, 6) is 1.75. The van der Waals surface area contributed by atoms with Gasteiger partial charge in [0.2, 0.25) is 11.8 Å². The van der Waals surface area contributed by atoms with Crippen LogP contribution in [0.15, 0.2) is 18.2 Å². The molecule has 6 rings (SSSR count). The number of carbonyl (C=O) groups is 3. The molecule has 5 fully saturated rings. The van der Waals surface area contributed by atoms with Gasteiger partial charge in [-0.3, -0.25) is 9.59 Å². The molecule has 4 aliphatic carbocycles. The van der Waals surface area contributed by atoms with Crippen LogP contribution in [0.5, 0.6) is 0 Å². The lowest BCUT2D eigenvalue weighted by atomic mass is 9.49. The van der Waals surface area contributed by atoms with Gasteiger partial charge in [-0.15, -0.1) is 0 Å². The fourth-order valence-corrected chi connectivity index (χ4v) is 7.18. The third-order valence-corrected chi connectivity index (χ3v) is 8.22. The Morgan fingerprint density at radius 3 is 2.32 bits per heavy atom. The van der Waals surface area contributed by atoms with Crippen LogP contribution in [0.3, 0.4) is 0 Å². The van der Waals surface area contributed by atoms with Crippen LogP contribution in [0.4, 0.5) is 5.69 Å². The van der Waals surface area contributed by atoms with Crippen molar-refractivity contribution in [2.24, 2.45) is 23.2 Å². The number of carbonyl (C=O) groups excluding carboxylic acids is 3. The normalized spacial score (nSPS) is 33.4. The standard InChI is InChI=1S/C25H32N2O4/c1-15-5-6-19(23(29)31-2)11-20(15)26-22(28)21-4-3-7-27(21)24(30)25-12-16-8-17(13-25)10-18(9-16)14-25/h5-6,11,16-18,21H,3-4,7-10,12-14H2,1-2H3,(H,26,28). The zero-order valence-corrected chi connectivity index (χ0v) is 18.5. The highest BCUT2D eigenvalue weighted by Gasteiger charge is 2.56. The first-order chi connectivity index (χ1) is 14.9. The maximum atomic E-state index is 13.8. The minimum absolute atomic E-state index is 0.152. The third-order valence-electron chi connectivity index (χ3n) is 8.22. The van der Waals surface area contributed by atoms with Crippen molar-refractivity contribution in [1.29, 1.82) is 0 Å². The van der Waals surface area contributed by atoms with Crippen molar-refractivity contribution >= 4 is 23.5 Å². The van der Waals surface area contributed by atoms with Gasteiger partial charge in [0.15, 0.2) is 0 Å². The first-order valence-electron chi connectivity index (χ1n) is 11.7. The zero-order valence-electron chi connectivity index (χ0n) is 18.5. The molecule has 0 spiro atoms. The Kier molecular flexibility index (Phi) is 5.06. The lowest BCUT2D eigenvalue weighted by molar-refractivity contribution is -0.160. The van der Waals surface area contributed by atoms with Gasteiger partial charge >= 0.3 is 5.97 Å². The summed E-state index contributed by atoms with van der Waals surface area (Å²) in [6.45, 7) is 2.56. The Balaban J connectivity index is 1.33. The van der Waals surface area contributed by atoms with Gasteiger partial charge < -0.3 is 15.0 Å². The number of amides is 2. The predicted molar refractivity (Wildman–Crippen MR) is 116 cm³/mol. The molecule has 5 aliphatic rings. The van der Waals surface area contributed by atoms with Gasteiger partial charge in [-0.1, -0.05) is 6.07 Å². The lowest BCUT2D eigenvalue weighted by Gasteiger charge is -2.56. The van der Waals surface area contributed by atoms with Crippen LogP contribution in [0.25, 0.3) is 0 Å². The van der Waals surface area contributed by atoms with E-state index in [-0.39, 0.29) is 17.2 Å². The van der Waals surface area contributed by atoms with Gasteiger partial charge in [-0.05, 0) is 93.7 Å². The van der Waals surface area contributed by atoms with E-state index in [4.69, 9.17) is 4.74 Å². The van der Waals surface area contributed by atoms with Gasteiger partial charge in [0.25, 0.3) is 0 Å². The monoisotopic (exact) mass is 424 g/mol. The van der Waals surface area contributed by atoms with Crippen LogP contribution in [-0.4, -0.2) is 42.4 Å². The Morgan fingerprint density at radius 2 is 1.71 bits per heavy atom. The number of anilines is 1. The summed E-state index contributed by atoms with van der Waals surface area (Å²) in [7, 11) is 1.34. The third kappa shape index (κ3) is 3.54. The van der Waals surface area contributed by atoms with E-state index in [0.717, 1.165) is 31.2 Å². The molecular weight excluding hydrogens is 392 g/mol. The van der Waals surface area contributed by atoms with E-state index in [2.05, 4.69) is 5.32 Å². The van der Waals surface area contributed by atoms with Crippen LogP contribution >= 0.6 is 0 Å². The largest absolute Gasteiger partial charge is 0.465 e. The number of hydrogen-bond acceptors (Lipinski definition) is 4. The number of rotatable bonds is 4. The Morgan fingerprint density at radius 1 is 1.06 bits per heavy atom. The van der Waals surface area contributed by atoms with E-state index in [9.17, 15) is 14.4 Å². The summed E-state index contributed by atoms with van der Waals surface area (Å²) in [5.41, 5.74) is 1.65. The molecule has 1 aromatic rings. The second kappa shape index (κ2) is 7.64. The molecular formula is C25H32N2O4. The molecule has 2 amide bonds. The van der Waals surface area contributed by atoms with Gasteiger partial charge in [-0.25, -0.2) is 4.79 Å². The fraction of sp³-hybridized carbons (Fsp3) is 0.640. The van der Waals surface area contributed by atoms with Crippen molar-refractivity contribution in [3.8, 4) is 0 Å². The lowest BCUT2D eigenvalue weighted by Crippen LogP contribution is -2.56. The number of hydrogen-bond donors (Lipinski definition) is 1. The van der Waals surface area contributed by atoms with E-state index in [1.807, 2.05) is 11.8 Å². The van der Waals surface area contributed by atoms with E-state index < -0.39 is 12.0 Å². The zero-order chi connectivity index (χ0) is 21.8. The SMILES string of the molecule is COC(=O)c1ccc(C)c(NC(=O)C2CCCN2C(=O)C23CC4CC(CC(C4)C2)C3)c1. The molecule has 0 aromatic heterocycles. The molecule has 4 bridgehead atoms. The van der Waals surface area contributed by atoms with E-state index in [1.165, 1.54) is 26.4 Å².